The Hall–Kier alpha value is -2.24. The van der Waals surface area contributed by atoms with Gasteiger partial charge in [0.15, 0.2) is 5.84 Å². The molecule has 2 aromatic heterocycles. The lowest BCUT2D eigenvalue weighted by atomic mass is 10.3. The Morgan fingerprint density at radius 3 is 3.06 bits per heavy atom. The van der Waals surface area contributed by atoms with Crippen molar-refractivity contribution < 1.29 is 5.21 Å². The summed E-state index contributed by atoms with van der Waals surface area (Å²) in [6, 6.07) is 3.66. The summed E-state index contributed by atoms with van der Waals surface area (Å²) in [5.41, 5.74) is 7.35. The molecule has 0 aliphatic carbocycles. The van der Waals surface area contributed by atoms with Crippen LogP contribution in [0.5, 0.6) is 0 Å². The standard InChI is InChI=1S/C11H15N5O/c1-2-16-8-9(6-13-16)7-15-5-3-4-10(15)11(12)14-17/h3-6,8,17H,2,7H2,1H3,(H2,12,14). The van der Waals surface area contributed by atoms with E-state index in [9.17, 15) is 0 Å². The molecule has 6 nitrogen and oxygen atoms in total. The van der Waals surface area contributed by atoms with Crippen molar-refractivity contribution in [2.45, 2.75) is 20.0 Å². The minimum atomic E-state index is 0.109. The van der Waals surface area contributed by atoms with E-state index in [1.54, 1.807) is 6.07 Å². The van der Waals surface area contributed by atoms with Gasteiger partial charge in [-0.3, -0.25) is 4.68 Å². The van der Waals surface area contributed by atoms with Crippen LogP contribution in [0.1, 0.15) is 18.2 Å². The molecule has 0 saturated carbocycles. The third kappa shape index (κ3) is 2.30. The summed E-state index contributed by atoms with van der Waals surface area (Å²) >= 11 is 0. The molecular formula is C11H15N5O. The van der Waals surface area contributed by atoms with Crippen molar-refractivity contribution in [2.24, 2.45) is 10.9 Å². The predicted octanol–water partition coefficient (Wildman–Crippen LogP) is 0.847. The lowest BCUT2D eigenvalue weighted by Crippen LogP contribution is -2.18. The zero-order valence-corrected chi connectivity index (χ0v) is 9.61. The first kappa shape index (κ1) is 11.3. The van der Waals surface area contributed by atoms with E-state index in [4.69, 9.17) is 10.9 Å². The van der Waals surface area contributed by atoms with Gasteiger partial charge in [0.05, 0.1) is 18.4 Å². The quantitative estimate of drug-likeness (QED) is 0.355. The highest BCUT2D eigenvalue weighted by atomic mass is 16.4. The number of hydrogen-bond donors (Lipinski definition) is 2. The van der Waals surface area contributed by atoms with Gasteiger partial charge in [-0.05, 0) is 19.1 Å². The Labute approximate surface area is 99.0 Å². The van der Waals surface area contributed by atoms with E-state index in [0.29, 0.717) is 12.2 Å². The van der Waals surface area contributed by atoms with Gasteiger partial charge in [-0.25, -0.2) is 0 Å². The lowest BCUT2D eigenvalue weighted by molar-refractivity contribution is 0.318. The Kier molecular flexibility index (Phi) is 3.13. The van der Waals surface area contributed by atoms with Crippen molar-refractivity contribution in [3.05, 3.63) is 42.0 Å². The Balaban J connectivity index is 2.21. The molecule has 0 bridgehead atoms. The fourth-order valence-corrected chi connectivity index (χ4v) is 1.69. The van der Waals surface area contributed by atoms with Crippen molar-refractivity contribution in [2.75, 3.05) is 0 Å². The third-order valence-corrected chi connectivity index (χ3v) is 2.56. The molecule has 0 aliphatic rings. The first-order chi connectivity index (χ1) is 8.24. The van der Waals surface area contributed by atoms with Gasteiger partial charge in [-0.2, -0.15) is 5.10 Å². The first-order valence-electron chi connectivity index (χ1n) is 5.39. The van der Waals surface area contributed by atoms with E-state index in [1.807, 2.05) is 40.8 Å². The summed E-state index contributed by atoms with van der Waals surface area (Å²) in [6.07, 6.45) is 5.69. The van der Waals surface area contributed by atoms with E-state index < -0.39 is 0 Å². The largest absolute Gasteiger partial charge is 0.409 e. The second-order valence-corrected chi connectivity index (χ2v) is 3.71. The third-order valence-electron chi connectivity index (χ3n) is 2.56. The van der Waals surface area contributed by atoms with Gasteiger partial charge in [0.2, 0.25) is 0 Å². The van der Waals surface area contributed by atoms with Crippen LogP contribution in [0, 0.1) is 0 Å². The van der Waals surface area contributed by atoms with Gasteiger partial charge in [-0.1, -0.05) is 5.16 Å². The van der Waals surface area contributed by atoms with E-state index in [0.717, 1.165) is 12.1 Å². The summed E-state index contributed by atoms with van der Waals surface area (Å²) in [6.45, 7) is 3.53. The van der Waals surface area contributed by atoms with E-state index in [2.05, 4.69) is 10.3 Å². The number of nitrogens with two attached hydrogens (primary N) is 1. The van der Waals surface area contributed by atoms with Crippen LogP contribution in [0.2, 0.25) is 0 Å². The van der Waals surface area contributed by atoms with Crippen LogP contribution in [-0.4, -0.2) is 25.4 Å². The van der Waals surface area contributed by atoms with Crippen molar-refractivity contribution in [3.8, 4) is 0 Å². The maximum absolute atomic E-state index is 8.67. The molecule has 2 heterocycles. The minimum Gasteiger partial charge on any atom is -0.409 e. The molecule has 6 heteroatoms. The fourth-order valence-electron chi connectivity index (χ4n) is 1.69. The topological polar surface area (TPSA) is 81.4 Å². The van der Waals surface area contributed by atoms with Crippen molar-refractivity contribution >= 4 is 5.84 Å². The van der Waals surface area contributed by atoms with Crippen molar-refractivity contribution in [1.82, 2.24) is 14.3 Å². The highest BCUT2D eigenvalue weighted by Gasteiger charge is 2.07. The van der Waals surface area contributed by atoms with Crippen LogP contribution >= 0.6 is 0 Å². The van der Waals surface area contributed by atoms with Crippen LogP contribution in [-0.2, 0) is 13.1 Å². The summed E-state index contributed by atoms with van der Waals surface area (Å²) in [5, 5.41) is 15.9. The van der Waals surface area contributed by atoms with Crippen molar-refractivity contribution in [1.29, 1.82) is 0 Å². The zero-order valence-electron chi connectivity index (χ0n) is 9.61. The molecule has 0 radical (unpaired) electrons. The highest BCUT2D eigenvalue weighted by Crippen LogP contribution is 2.07. The average molecular weight is 233 g/mol. The van der Waals surface area contributed by atoms with Gasteiger partial charge in [0.1, 0.15) is 0 Å². The van der Waals surface area contributed by atoms with Gasteiger partial charge in [0.25, 0.3) is 0 Å². The van der Waals surface area contributed by atoms with E-state index in [1.165, 1.54) is 0 Å². The van der Waals surface area contributed by atoms with Crippen molar-refractivity contribution in [3.63, 3.8) is 0 Å². The molecule has 17 heavy (non-hydrogen) atoms. The number of amidine groups is 1. The zero-order chi connectivity index (χ0) is 12.3. The molecule has 0 unspecified atom stereocenters. The van der Waals surface area contributed by atoms with E-state index >= 15 is 0 Å². The molecule has 0 aliphatic heterocycles. The smallest absolute Gasteiger partial charge is 0.186 e. The number of aromatic nitrogens is 3. The van der Waals surface area contributed by atoms with Crippen LogP contribution in [0.3, 0.4) is 0 Å². The Bertz CT molecular complexity index is 525. The number of hydrogen-bond acceptors (Lipinski definition) is 3. The molecule has 0 aromatic carbocycles. The SMILES string of the molecule is CCn1cc(Cn2cccc2/C(N)=N/O)cn1. The molecule has 0 saturated heterocycles. The summed E-state index contributed by atoms with van der Waals surface area (Å²) in [7, 11) is 0. The summed E-state index contributed by atoms with van der Waals surface area (Å²) in [4.78, 5) is 0. The summed E-state index contributed by atoms with van der Waals surface area (Å²) < 4.78 is 3.77. The Morgan fingerprint density at radius 2 is 2.41 bits per heavy atom. The maximum Gasteiger partial charge on any atom is 0.186 e. The second kappa shape index (κ2) is 4.73. The number of oxime groups is 1. The van der Waals surface area contributed by atoms with Gasteiger partial charge >= 0.3 is 0 Å². The fraction of sp³-hybridized carbons (Fsp3) is 0.273. The maximum atomic E-state index is 8.67. The van der Waals surface area contributed by atoms with E-state index in [-0.39, 0.29) is 5.84 Å². The Morgan fingerprint density at radius 1 is 1.59 bits per heavy atom. The number of rotatable bonds is 4. The number of aryl methyl sites for hydroxylation is 1. The monoisotopic (exact) mass is 233 g/mol. The molecular weight excluding hydrogens is 218 g/mol. The van der Waals surface area contributed by atoms with Crippen LogP contribution in [0.4, 0.5) is 0 Å². The van der Waals surface area contributed by atoms with Gasteiger partial charge < -0.3 is 15.5 Å². The molecule has 0 amide bonds. The average Bonchev–Trinajstić information content (AvgIpc) is 2.97. The van der Waals surface area contributed by atoms with Crippen LogP contribution in [0.15, 0.2) is 35.9 Å². The van der Waals surface area contributed by atoms with Crippen LogP contribution in [0.25, 0.3) is 0 Å². The molecule has 0 atom stereocenters. The molecule has 0 spiro atoms. The molecule has 3 N–H and O–H groups in total. The minimum absolute atomic E-state index is 0.109. The van der Waals surface area contributed by atoms with Crippen LogP contribution < -0.4 is 5.73 Å². The molecule has 2 rings (SSSR count). The van der Waals surface area contributed by atoms with Gasteiger partial charge in [-0.15, -0.1) is 0 Å². The lowest BCUT2D eigenvalue weighted by Gasteiger charge is -2.05. The van der Waals surface area contributed by atoms with Gasteiger partial charge in [0, 0.05) is 24.5 Å². The first-order valence-corrected chi connectivity index (χ1v) is 5.39. The molecule has 2 aromatic rings. The highest BCUT2D eigenvalue weighted by molar-refractivity contribution is 5.95. The summed E-state index contributed by atoms with van der Waals surface area (Å²) in [5.74, 6) is 0.109. The predicted molar refractivity (Wildman–Crippen MR) is 63.9 cm³/mol. The second-order valence-electron chi connectivity index (χ2n) is 3.71. The number of nitrogens with zero attached hydrogens (tertiary/aromatic N) is 4. The normalized spacial score (nSPS) is 11.9. The molecule has 90 valence electrons. The molecule has 0 fully saturated rings.